The van der Waals surface area contributed by atoms with Crippen LogP contribution in [0.25, 0.3) is 11.4 Å². The van der Waals surface area contributed by atoms with Gasteiger partial charge in [-0.25, -0.2) is 4.98 Å². The van der Waals surface area contributed by atoms with E-state index in [-0.39, 0.29) is 0 Å². The number of hydrogen-bond donors (Lipinski definition) is 0. The molecule has 0 aliphatic rings. The molecule has 0 atom stereocenters. The Morgan fingerprint density at radius 2 is 2.05 bits per heavy atom. The second kappa shape index (κ2) is 5.38. The van der Waals surface area contributed by atoms with Crippen molar-refractivity contribution in [2.75, 3.05) is 7.11 Å². The van der Waals surface area contributed by atoms with Gasteiger partial charge in [0.15, 0.2) is 0 Å². The lowest BCUT2D eigenvalue weighted by Crippen LogP contribution is -1.99. The molecule has 4 nitrogen and oxygen atoms in total. The van der Waals surface area contributed by atoms with Gasteiger partial charge in [-0.05, 0) is 30.5 Å². The Labute approximate surface area is 119 Å². The first kappa shape index (κ1) is 14.1. The molecule has 1 aromatic heterocycles. The monoisotopic (exact) mass is 269 g/mol. The fourth-order valence-corrected chi connectivity index (χ4v) is 2.29. The van der Waals surface area contributed by atoms with E-state index in [1.165, 1.54) is 5.56 Å². The lowest BCUT2D eigenvalue weighted by atomic mass is 10.00. The van der Waals surface area contributed by atoms with E-state index >= 15 is 0 Å². The number of imidazole rings is 1. The van der Waals surface area contributed by atoms with E-state index in [4.69, 9.17) is 4.74 Å². The first-order chi connectivity index (χ1) is 9.49. The molecule has 1 heterocycles. The molecule has 2 aromatic rings. The fourth-order valence-electron chi connectivity index (χ4n) is 2.29. The van der Waals surface area contributed by atoms with E-state index in [0.717, 1.165) is 22.8 Å². The third-order valence-corrected chi connectivity index (χ3v) is 3.51. The molecule has 0 amide bonds. The van der Waals surface area contributed by atoms with Gasteiger partial charge in [0, 0.05) is 7.05 Å². The molecule has 0 aliphatic heterocycles. The minimum atomic E-state index is 0.427. The van der Waals surface area contributed by atoms with E-state index in [2.05, 4.69) is 37.0 Å². The molecule has 0 bridgehead atoms. The van der Waals surface area contributed by atoms with Gasteiger partial charge in [-0.2, -0.15) is 5.26 Å². The number of methoxy groups -OCH3 is 1. The molecule has 1 aromatic carbocycles. The molecule has 0 radical (unpaired) electrons. The number of nitrogens with zero attached hydrogens (tertiary/aromatic N) is 3. The summed E-state index contributed by atoms with van der Waals surface area (Å²) < 4.78 is 7.25. The highest BCUT2D eigenvalue weighted by molar-refractivity contribution is 5.67. The van der Waals surface area contributed by atoms with Gasteiger partial charge >= 0.3 is 0 Å². The normalized spacial score (nSPS) is 10.7. The van der Waals surface area contributed by atoms with Crippen molar-refractivity contribution in [3.63, 3.8) is 0 Å². The highest BCUT2D eigenvalue weighted by Crippen LogP contribution is 2.33. The molecule has 0 spiro atoms. The SMILES string of the molecule is COc1ccc(C(C)C)cc1-c1nc(C)c(C#N)n1C. The molecular formula is C16H19N3O. The number of hydrogen-bond acceptors (Lipinski definition) is 3. The maximum Gasteiger partial charge on any atom is 0.144 e. The Kier molecular flexibility index (Phi) is 3.80. The standard InChI is InChI=1S/C16H19N3O/c1-10(2)12-6-7-15(20-5)13(8-12)16-18-11(3)14(9-17)19(16)4/h6-8,10H,1-5H3. The van der Waals surface area contributed by atoms with Gasteiger partial charge in [-0.15, -0.1) is 0 Å². The van der Waals surface area contributed by atoms with Crippen molar-refractivity contribution < 1.29 is 4.74 Å². The van der Waals surface area contributed by atoms with E-state index < -0.39 is 0 Å². The van der Waals surface area contributed by atoms with Crippen molar-refractivity contribution >= 4 is 0 Å². The summed E-state index contributed by atoms with van der Waals surface area (Å²) in [5.41, 5.74) is 3.46. The first-order valence-electron chi connectivity index (χ1n) is 6.61. The number of nitriles is 1. The zero-order valence-electron chi connectivity index (χ0n) is 12.6. The predicted molar refractivity (Wildman–Crippen MR) is 78.7 cm³/mol. The third-order valence-electron chi connectivity index (χ3n) is 3.51. The maximum atomic E-state index is 9.19. The Hall–Kier alpha value is -2.28. The summed E-state index contributed by atoms with van der Waals surface area (Å²) in [6.45, 7) is 6.15. The summed E-state index contributed by atoms with van der Waals surface area (Å²) >= 11 is 0. The van der Waals surface area contributed by atoms with Crippen molar-refractivity contribution in [3.8, 4) is 23.2 Å². The van der Waals surface area contributed by atoms with Gasteiger partial charge in [-0.1, -0.05) is 19.9 Å². The lowest BCUT2D eigenvalue weighted by Gasteiger charge is -2.12. The van der Waals surface area contributed by atoms with E-state index in [1.807, 2.05) is 24.6 Å². The Balaban J connectivity index is 2.68. The van der Waals surface area contributed by atoms with Crippen molar-refractivity contribution in [2.45, 2.75) is 26.7 Å². The first-order valence-corrected chi connectivity index (χ1v) is 6.61. The van der Waals surface area contributed by atoms with Gasteiger partial charge < -0.3 is 9.30 Å². The molecule has 0 N–H and O–H groups in total. The Morgan fingerprint density at radius 1 is 1.35 bits per heavy atom. The van der Waals surface area contributed by atoms with Gasteiger partial charge in [0.25, 0.3) is 0 Å². The topological polar surface area (TPSA) is 50.8 Å². The summed E-state index contributed by atoms with van der Waals surface area (Å²) in [5.74, 6) is 1.96. The number of aromatic nitrogens is 2. The summed E-state index contributed by atoms with van der Waals surface area (Å²) in [4.78, 5) is 4.52. The zero-order valence-corrected chi connectivity index (χ0v) is 12.6. The molecule has 20 heavy (non-hydrogen) atoms. The van der Waals surface area contributed by atoms with Crippen LogP contribution >= 0.6 is 0 Å². The van der Waals surface area contributed by atoms with E-state index in [1.54, 1.807) is 7.11 Å². The van der Waals surface area contributed by atoms with E-state index in [0.29, 0.717) is 11.6 Å². The predicted octanol–water partition coefficient (Wildman–Crippen LogP) is 3.40. The molecule has 104 valence electrons. The summed E-state index contributed by atoms with van der Waals surface area (Å²) in [6.07, 6.45) is 0. The maximum absolute atomic E-state index is 9.19. The molecule has 0 unspecified atom stereocenters. The lowest BCUT2D eigenvalue weighted by molar-refractivity contribution is 0.415. The Bertz CT molecular complexity index is 678. The molecule has 0 saturated heterocycles. The van der Waals surface area contributed by atoms with Crippen LogP contribution in [-0.4, -0.2) is 16.7 Å². The molecule has 4 heteroatoms. The van der Waals surface area contributed by atoms with Crippen LogP contribution in [0.2, 0.25) is 0 Å². The van der Waals surface area contributed by atoms with Crippen LogP contribution in [0, 0.1) is 18.3 Å². The third kappa shape index (κ3) is 2.27. The highest BCUT2D eigenvalue weighted by atomic mass is 16.5. The average Bonchev–Trinajstić information content (AvgIpc) is 2.72. The average molecular weight is 269 g/mol. The van der Waals surface area contributed by atoms with Crippen LogP contribution in [0.3, 0.4) is 0 Å². The van der Waals surface area contributed by atoms with Crippen molar-refractivity contribution in [1.82, 2.24) is 9.55 Å². The quantitative estimate of drug-likeness (QED) is 0.858. The number of benzene rings is 1. The van der Waals surface area contributed by atoms with Crippen molar-refractivity contribution in [1.29, 1.82) is 5.26 Å². The Morgan fingerprint density at radius 3 is 2.55 bits per heavy atom. The molecular weight excluding hydrogens is 250 g/mol. The van der Waals surface area contributed by atoms with Gasteiger partial charge in [0.1, 0.15) is 23.3 Å². The van der Waals surface area contributed by atoms with Crippen molar-refractivity contribution in [3.05, 3.63) is 35.2 Å². The van der Waals surface area contributed by atoms with Crippen LogP contribution in [-0.2, 0) is 7.05 Å². The largest absolute Gasteiger partial charge is 0.496 e. The summed E-state index contributed by atoms with van der Waals surface area (Å²) in [7, 11) is 3.50. The minimum Gasteiger partial charge on any atom is -0.496 e. The number of ether oxygens (including phenoxy) is 1. The van der Waals surface area contributed by atoms with Crippen LogP contribution in [0.5, 0.6) is 5.75 Å². The molecule has 2 rings (SSSR count). The summed E-state index contributed by atoms with van der Waals surface area (Å²) in [5, 5.41) is 9.19. The molecule has 0 fully saturated rings. The van der Waals surface area contributed by atoms with Gasteiger partial charge in [0.2, 0.25) is 0 Å². The molecule has 0 saturated carbocycles. The second-order valence-corrected chi connectivity index (χ2v) is 5.15. The van der Waals surface area contributed by atoms with E-state index in [9.17, 15) is 5.26 Å². The highest BCUT2D eigenvalue weighted by Gasteiger charge is 2.17. The fraction of sp³-hybridized carbons (Fsp3) is 0.375. The summed E-state index contributed by atoms with van der Waals surface area (Å²) in [6, 6.07) is 8.30. The van der Waals surface area contributed by atoms with Crippen molar-refractivity contribution in [2.24, 2.45) is 7.05 Å². The smallest absolute Gasteiger partial charge is 0.144 e. The minimum absolute atomic E-state index is 0.427. The zero-order chi connectivity index (χ0) is 14.9. The van der Waals surface area contributed by atoms with Crippen LogP contribution in [0.4, 0.5) is 0 Å². The van der Waals surface area contributed by atoms with Gasteiger partial charge in [-0.3, -0.25) is 0 Å². The molecule has 0 aliphatic carbocycles. The van der Waals surface area contributed by atoms with Crippen LogP contribution < -0.4 is 4.74 Å². The van der Waals surface area contributed by atoms with Crippen LogP contribution in [0.1, 0.15) is 36.7 Å². The van der Waals surface area contributed by atoms with Gasteiger partial charge in [0.05, 0.1) is 18.4 Å². The second-order valence-electron chi connectivity index (χ2n) is 5.15. The number of aryl methyl sites for hydroxylation is 1. The van der Waals surface area contributed by atoms with Crippen LogP contribution in [0.15, 0.2) is 18.2 Å². The number of rotatable bonds is 3.